The van der Waals surface area contributed by atoms with E-state index in [4.69, 9.17) is 4.98 Å². The van der Waals surface area contributed by atoms with E-state index in [0.29, 0.717) is 28.0 Å². The minimum absolute atomic E-state index is 0.192. The summed E-state index contributed by atoms with van der Waals surface area (Å²) in [4.78, 5) is 36.3. The Kier molecular flexibility index (Phi) is 7.40. The molecular formula is C27H27N9O4S. The third kappa shape index (κ3) is 5.58. The Morgan fingerprint density at radius 3 is 2.73 bits per heavy atom. The van der Waals surface area contributed by atoms with Gasteiger partial charge in [-0.15, -0.1) is 0 Å². The maximum absolute atomic E-state index is 13.9. The van der Waals surface area contributed by atoms with Crippen LogP contribution in [0.3, 0.4) is 0 Å². The lowest BCUT2D eigenvalue weighted by Gasteiger charge is -2.20. The van der Waals surface area contributed by atoms with Crippen LogP contribution >= 0.6 is 0 Å². The summed E-state index contributed by atoms with van der Waals surface area (Å²) in [5.41, 5.74) is 2.16. The van der Waals surface area contributed by atoms with E-state index in [9.17, 15) is 18.0 Å². The predicted molar refractivity (Wildman–Crippen MR) is 152 cm³/mol. The van der Waals surface area contributed by atoms with Crippen molar-refractivity contribution in [3.8, 4) is 11.8 Å². The number of sulfonamides is 1. The summed E-state index contributed by atoms with van der Waals surface area (Å²) < 4.78 is 31.2. The van der Waals surface area contributed by atoms with Crippen LogP contribution in [0.2, 0.25) is 0 Å². The Balaban J connectivity index is 1.59. The number of hydrogen-bond acceptors (Lipinski definition) is 8. The maximum atomic E-state index is 13.9. The molecule has 0 radical (unpaired) electrons. The Morgan fingerprint density at radius 2 is 2.00 bits per heavy atom. The molecule has 0 unspecified atom stereocenters. The fraction of sp³-hybridized carbons (Fsp3) is 0.259. The first-order valence-electron chi connectivity index (χ1n) is 12.6. The topological polar surface area (TPSA) is 158 Å². The van der Waals surface area contributed by atoms with Crippen LogP contribution in [0.1, 0.15) is 46.0 Å². The summed E-state index contributed by atoms with van der Waals surface area (Å²) >= 11 is 0. The first-order valence-corrected chi connectivity index (χ1v) is 14.3. The molecule has 4 aromatic heterocycles. The monoisotopic (exact) mass is 573 g/mol. The molecule has 0 saturated heterocycles. The number of aromatic nitrogens is 7. The Labute approximate surface area is 235 Å². The lowest BCUT2D eigenvalue weighted by molar-refractivity contribution is 0.0938. The molecule has 0 aliphatic rings. The van der Waals surface area contributed by atoms with E-state index in [1.54, 1.807) is 74.6 Å². The highest BCUT2D eigenvalue weighted by Crippen LogP contribution is 2.19. The van der Waals surface area contributed by atoms with Crippen molar-refractivity contribution in [3.05, 3.63) is 87.6 Å². The predicted octanol–water partition coefficient (Wildman–Crippen LogP) is 0.921. The number of aryl methyl sites for hydroxylation is 2. The molecule has 0 saturated carbocycles. The van der Waals surface area contributed by atoms with Crippen LogP contribution in [-0.4, -0.2) is 61.1 Å². The van der Waals surface area contributed by atoms with Crippen LogP contribution in [0.4, 0.5) is 0 Å². The zero-order valence-corrected chi connectivity index (χ0v) is 23.6. The molecule has 0 aliphatic heterocycles. The summed E-state index contributed by atoms with van der Waals surface area (Å²) in [6.07, 6.45) is 6.62. The van der Waals surface area contributed by atoms with Crippen molar-refractivity contribution in [1.29, 1.82) is 0 Å². The first-order chi connectivity index (χ1) is 19.6. The fourth-order valence-electron chi connectivity index (χ4n) is 4.47. The summed E-state index contributed by atoms with van der Waals surface area (Å²) in [7, 11) is -0.572. The molecule has 1 amide bonds. The lowest BCUT2D eigenvalue weighted by Crippen LogP contribution is -2.36. The van der Waals surface area contributed by atoms with Gasteiger partial charge >= 0.3 is 0 Å². The number of rotatable bonds is 7. The van der Waals surface area contributed by atoms with E-state index in [2.05, 4.69) is 37.1 Å². The van der Waals surface area contributed by atoms with E-state index < -0.39 is 27.5 Å². The molecule has 5 rings (SSSR count). The largest absolute Gasteiger partial charge is 0.342 e. The molecule has 1 atom stereocenters. The average molecular weight is 574 g/mol. The van der Waals surface area contributed by atoms with Crippen LogP contribution in [0.5, 0.6) is 0 Å². The molecule has 1 aromatic carbocycles. The maximum Gasteiger partial charge on any atom is 0.262 e. The molecule has 2 N–H and O–H groups in total. The number of amides is 1. The second kappa shape index (κ2) is 11.0. The SMILES string of the molecule is CNS(=O)(=O)CCn1c([C@H](C)NC(=O)c2c(C)nn3cccnc23)nc2cccc(C#Cc3cnn(C)c3)c2c1=O. The van der Waals surface area contributed by atoms with Gasteiger partial charge in [-0.3, -0.25) is 18.8 Å². The van der Waals surface area contributed by atoms with Gasteiger partial charge in [0.2, 0.25) is 10.0 Å². The summed E-state index contributed by atoms with van der Waals surface area (Å²) in [6, 6.07) is 6.04. The molecule has 13 nitrogen and oxygen atoms in total. The van der Waals surface area contributed by atoms with Gasteiger partial charge in [-0.25, -0.2) is 27.6 Å². The second-order valence-corrected chi connectivity index (χ2v) is 11.4. The van der Waals surface area contributed by atoms with Crippen molar-refractivity contribution in [2.24, 2.45) is 7.05 Å². The number of carbonyl (C=O) groups is 1. The number of benzene rings is 1. The zero-order chi connectivity index (χ0) is 29.3. The van der Waals surface area contributed by atoms with Crippen molar-refractivity contribution in [3.63, 3.8) is 0 Å². The van der Waals surface area contributed by atoms with Crippen LogP contribution in [0.15, 0.2) is 53.8 Å². The smallest absolute Gasteiger partial charge is 0.262 e. The van der Waals surface area contributed by atoms with Crippen molar-refractivity contribution < 1.29 is 13.2 Å². The number of fused-ring (bicyclic) bond motifs is 2. The molecule has 0 spiro atoms. The molecule has 0 fully saturated rings. The van der Waals surface area contributed by atoms with Crippen LogP contribution in [0, 0.1) is 18.8 Å². The minimum atomic E-state index is -3.65. The van der Waals surface area contributed by atoms with E-state index in [1.807, 2.05) is 0 Å². The minimum Gasteiger partial charge on any atom is -0.342 e. The molecular weight excluding hydrogens is 546 g/mol. The molecule has 14 heteroatoms. The summed E-state index contributed by atoms with van der Waals surface area (Å²) in [5.74, 6) is 5.39. The van der Waals surface area contributed by atoms with Gasteiger partial charge in [-0.1, -0.05) is 17.9 Å². The normalized spacial score (nSPS) is 12.3. The molecule has 0 bridgehead atoms. The first kappa shape index (κ1) is 27.7. The van der Waals surface area contributed by atoms with Gasteiger partial charge in [0, 0.05) is 37.7 Å². The van der Waals surface area contributed by atoms with Gasteiger partial charge in [-0.05, 0) is 39.1 Å². The number of carbonyl (C=O) groups excluding carboxylic acids is 1. The molecule has 210 valence electrons. The lowest BCUT2D eigenvalue weighted by atomic mass is 10.1. The van der Waals surface area contributed by atoms with Gasteiger partial charge in [-0.2, -0.15) is 10.2 Å². The number of nitrogens with one attached hydrogen (secondary N) is 2. The second-order valence-electron chi connectivity index (χ2n) is 9.35. The van der Waals surface area contributed by atoms with E-state index in [-0.39, 0.29) is 29.1 Å². The third-order valence-corrected chi connectivity index (χ3v) is 7.83. The molecule has 4 heterocycles. The van der Waals surface area contributed by atoms with Crippen LogP contribution in [-0.2, 0) is 23.6 Å². The highest BCUT2D eigenvalue weighted by molar-refractivity contribution is 7.89. The fourth-order valence-corrected chi connectivity index (χ4v) is 5.09. The van der Waals surface area contributed by atoms with Gasteiger partial charge in [0.15, 0.2) is 5.65 Å². The van der Waals surface area contributed by atoms with Crippen molar-refractivity contribution in [2.45, 2.75) is 26.4 Å². The van der Waals surface area contributed by atoms with E-state index in [1.165, 1.54) is 16.1 Å². The highest BCUT2D eigenvalue weighted by Gasteiger charge is 2.24. The van der Waals surface area contributed by atoms with Gasteiger partial charge < -0.3 is 5.32 Å². The number of nitrogens with zero attached hydrogens (tertiary/aromatic N) is 7. The van der Waals surface area contributed by atoms with Crippen LogP contribution < -0.4 is 15.6 Å². The van der Waals surface area contributed by atoms with Crippen molar-refractivity contribution in [1.82, 2.24) is 44.0 Å². The van der Waals surface area contributed by atoms with Crippen LogP contribution in [0.25, 0.3) is 16.6 Å². The highest BCUT2D eigenvalue weighted by atomic mass is 32.2. The quantitative estimate of drug-likeness (QED) is 0.272. The summed E-state index contributed by atoms with van der Waals surface area (Å²) in [5, 5.41) is 11.6. The summed E-state index contributed by atoms with van der Waals surface area (Å²) in [6.45, 7) is 3.19. The molecule has 0 aliphatic carbocycles. The van der Waals surface area contributed by atoms with E-state index >= 15 is 0 Å². The Hall–Kier alpha value is -4.87. The third-order valence-electron chi connectivity index (χ3n) is 6.49. The zero-order valence-electron chi connectivity index (χ0n) is 22.8. The number of hydrogen-bond donors (Lipinski definition) is 2. The van der Waals surface area contributed by atoms with Gasteiger partial charge in [0.1, 0.15) is 11.4 Å². The molecule has 41 heavy (non-hydrogen) atoms. The standard InChI is InChI=1S/C27H27N9O4S/c1-17-22(25-29-11-6-12-36(25)33-17)26(37)31-18(2)24-32-21-8-5-7-20(10-9-19-15-30-34(4)16-19)23(21)27(38)35(24)13-14-41(39,40)28-3/h5-8,11-12,15-16,18,28H,13-14H2,1-4H3,(H,31,37)/t18-/m0/s1. The van der Waals surface area contributed by atoms with Gasteiger partial charge in [0.05, 0.1) is 40.2 Å². The van der Waals surface area contributed by atoms with Crippen molar-refractivity contribution in [2.75, 3.05) is 12.8 Å². The Bertz CT molecular complexity index is 2030. The van der Waals surface area contributed by atoms with Crippen molar-refractivity contribution >= 4 is 32.5 Å². The van der Waals surface area contributed by atoms with E-state index in [0.717, 1.165) is 0 Å². The average Bonchev–Trinajstić information content (AvgIpc) is 3.52. The molecule has 5 aromatic rings. The van der Waals surface area contributed by atoms with Gasteiger partial charge in [0.25, 0.3) is 11.5 Å². The Morgan fingerprint density at radius 1 is 1.20 bits per heavy atom.